The molecule has 90 valence electrons. The number of hydrogen-bond acceptors (Lipinski definition) is 3. The third-order valence-corrected chi connectivity index (χ3v) is 3.40. The molecule has 0 aliphatic carbocycles. The second-order valence-corrected chi connectivity index (χ2v) is 4.71. The average Bonchev–Trinajstić information content (AvgIpc) is 2.78. The number of rotatable bonds is 4. The fourth-order valence-electron chi connectivity index (χ4n) is 2.49. The van der Waals surface area contributed by atoms with Gasteiger partial charge in [-0.25, -0.2) is 4.98 Å². The van der Waals surface area contributed by atoms with E-state index in [1.54, 1.807) is 0 Å². The first-order valence-electron chi connectivity index (χ1n) is 6.24. The van der Waals surface area contributed by atoms with Crippen LogP contribution < -0.4 is 5.73 Å². The highest BCUT2D eigenvalue weighted by Gasteiger charge is 2.15. The van der Waals surface area contributed by atoms with E-state index in [2.05, 4.69) is 21.4 Å². The molecule has 1 aromatic rings. The normalized spacial score (nSPS) is 19.9. The number of nitrogens with zero attached hydrogens (tertiary/aromatic N) is 3. The fourth-order valence-corrected chi connectivity index (χ4v) is 2.49. The highest BCUT2D eigenvalue weighted by molar-refractivity contribution is 4.99. The molecule has 1 saturated heterocycles. The predicted molar refractivity (Wildman–Crippen MR) is 65.1 cm³/mol. The van der Waals surface area contributed by atoms with Crippen LogP contribution in [0.25, 0.3) is 0 Å². The molecule has 0 bridgehead atoms. The highest BCUT2D eigenvalue weighted by atomic mass is 15.2. The average molecular weight is 222 g/mol. The largest absolute Gasteiger partial charge is 0.329 e. The molecule has 0 radical (unpaired) electrons. The van der Waals surface area contributed by atoms with Crippen molar-refractivity contribution >= 4 is 0 Å². The molecule has 0 aromatic carbocycles. The summed E-state index contributed by atoms with van der Waals surface area (Å²) in [6, 6.07) is 0.471. The molecule has 2 N–H and O–H groups in total. The molecular formula is C12H22N4. The number of aromatic nitrogens is 2. The lowest BCUT2D eigenvalue weighted by molar-refractivity contribution is 0.201. The zero-order valence-corrected chi connectivity index (χ0v) is 10.1. The van der Waals surface area contributed by atoms with E-state index < -0.39 is 0 Å². The highest BCUT2D eigenvalue weighted by Crippen LogP contribution is 2.15. The Hall–Kier alpha value is -0.870. The molecule has 0 saturated carbocycles. The Morgan fingerprint density at radius 2 is 2.12 bits per heavy atom. The molecule has 1 fully saturated rings. The number of nitrogens with two attached hydrogens (primary N) is 1. The van der Waals surface area contributed by atoms with Gasteiger partial charge in [-0.1, -0.05) is 6.42 Å². The summed E-state index contributed by atoms with van der Waals surface area (Å²) in [7, 11) is 0. The van der Waals surface area contributed by atoms with Crippen LogP contribution in [0.1, 0.15) is 37.9 Å². The van der Waals surface area contributed by atoms with Gasteiger partial charge in [0.05, 0.1) is 12.0 Å². The number of hydrogen-bond donors (Lipinski definition) is 1. The molecule has 0 spiro atoms. The topological polar surface area (TPSA) is 47.1 Å². The fraction of sp³-hybridized carbons (Fsp3) is 0.750. The van der Waals surface area contributed by atoms with Gasteiger partial charge in [-0.15, -0.1) is 0 Å². The molecule has 1 unspecified atom stereocenters. The molecule has 1 aromatic heterocycles. The van der Waals surface area contributed by atoms with E-state index >= 15 is 0 Å². The minimum absolute atomic E-state index is 0.471. The van der Waals surface area contributed by atoms with E-state index in [1.807, 2.05) is 12.5 Å². The van der Waals surface area contributed by atoms with E-state index in [0.29, 0.717) is 12.6 Å². The summed E-state index contributed by atoms with van der Waals surface area (Å²) in [6.45, 7) is 6.43. The van der Waals surface area contributed by atoms with Gasteiger partial charge in [-0.05, 0) is 32.9 Å². The Morgan fingerprint density at radius 3 is 2.81 bits per heavy atom. The number of imidazole rings is 1. The van der Waals surface area contributed by atoms with Crippen molar-refractivity contribution in [3.8, 4) is 0 Å². The molecular weight excluding hydrogens is 200 g/mol. The van der Waals surface area contributed by atoms with Crippen molar-refractivity contribution in [2.24, 2.45) is 5.73 Å². The SMILES string of the molecule is CC(CN1CCCCC1)n1cncc1CN. The molecule has 4 heteroatoms. The molecule has 2 rings (SSSR count). The molecule has 0 amide bonds. The summed E-state index contributed by atoms with van der Waals surface area (Å²) in [4.78, 5) is 6.72. The van der Waals surface area contributed by atoms with Crippen LogP contribution in [-0.2, 0) is 6.54 Å². The zero-order valence-electron chi connectivity index (χ0n) is 10.1. The minimum atomic E-state index is 0.471. The summed E-state index contributed by atoms with van der Waals surface area (Å²) >= 11 is 0. The second kappa shape index (κ2) is 5.46. The quantitative estimate of drug-likeness (QED) is 0.837. The van der Waals surface area contributed by atoms with E-state index in [-0.39, 0.29) is 0 Å². The van der Waals surface area contributed by atoms with E-state index in [4.69, 9.17) is 5.73 Å². The van der Waals surface area contributed by atoms with Crippen LogP contribution in [0.3, 0.4) is 0 Å². The molecule has 1 aliphatic heterocycles. The van der Waals surface area contributed by atoms with E-state index in [1.165, 1.54) is 32.4 Å². The van der Waals surface area contributed by atoms with Gasteiger partial charge in [0.1, 0.15) is 0 Å². The minimum Gasteiger partial charge on any atom is -0.329 e. The second-order valence-electron chi connectivity index (χ2n) is 4.71. The summed E-state index contributed by atoms with van der Waals surface area (Å²) in [5.41, 5.74) is 6.82. The first-order valence-corrected chi connectivity index (χ1v) is 6.24. The van der Waals surface area contributed by atoms with Crippen LogP contribution in [0, 0.1) is 0 Å². The maximum atomic E-state index is 5.69. The Kier molecular flexibility index (Phi) is 3.96. The molecule has 1 aliphatic rings. The standard InChI is InChI=1S/C12H22N4/c1-11(9-15-5-3-2-4-6-15)16-10-14-8-12(16)7-13/h8,10-11H,2-7,9,13H2,1H3. The van der Waals surface area contributed by atoms with Crippen LogP contribution in [0.15, 0.2) is 12.5 Å². The van der Waals surface area contributed by atoms with Crippen LogP contribution >= 0.6 is 0 Å². The lowest BCUT2D eigenvalue weighted by Gasteiger charge is -2.30. The van der Waals surface area contributed by atoms with Gasteiger partial charge in [-0.3, -0.25) is 0 Å². The Morgan fingerprint density at radius 1 is 1.38 bits per heavy atom. The summed E-state index contributed by atoms with van der Waals surface area (Å²) < 4.78 is 2.20. The Balaban J connectivity index is 1.93. The molecule has 4 nitrogen and oxygen atoms in total. The van der Waals surface area contributed by atoms with Gasteiger partial charge < -0.3 is 15.2 Å². The third-order valence-electron chi connectivity index (χ3n) is 3.40. The first kappa shape index (κ1) is 11.6. The van der Waals surface area contributed by atoms with E-state index in [0.717, 1.165) is 12.2 Å². The van der Waals surface area contributed by atoms with Crippen molar-refractivity contribution in [1.29, 1.82) is 0 Å². The zero-order chi connectivity index (χ0) is 11.4. The first-order chi connectivity index (χ1) is 7.81. The Bertz CT molecular complexity index is 315. The molecule has 1 atom stereocenters. The predicted octanol–water partition coefficient (Wildman–Crippen LogP) is 1.39. The number of likely N-dealkylation sites (tertiary alicyclic amines) is 1. The van der Waals surface area contributed by atoms with Crippen LogP contribution in [0.5, 0.6) is 0 Å². The smallest absolute Gasteiger partial charge is 0.0951 e. The Labute approximate surface area is 97.4 Å². The van der Waals surface area contributed by atoms with E-state index in [9.17, 15) is 0 Å². The van der Waals surface area contributed by atoms with Gasteiger partial charge in [0.25, 0.3) is 0 Å². The number of piperidine rings is 1. The van der Waals surface area contributed by atoms with Gasteiger partial charge in [-0.2, -0.15) is 0 Å². The van der Waals surface area contributed by atoms with Crippen molar-refractivity contribution in [3.63, 3.8) is 0 Å². The van der Waals surface area contributed by atoms with Crippen molar-refractivity contribution < 1.29 is 0 Å². The lowest BCUT2D eigenvalue weighted by atomic mass is 10.1. The maximum absolute atomic E-state index is 5.69. The van der Waals surface area contributed by atoms with Crippen molar-refractivity contribution in [2.45, 2.75) is 38.8 Å². The van der Waals surface area contributed by atoms with Gasteiger partial charge in [0, 0.05) is 25.3 Å². The summed E-state index contributed by atoms with van der Waals surface area (Å²) in [5.74, 6) is 0. The van der Waals surface area contributed by atoms with Gasteiger partial charge in [0.15, 0.2) is 0 Å². The van der Waals surface area contributed by atoms with Gasteiger partial charge in [0.2, 0.25) is 0 Å². The summed E-state index contributed by atoms with van der Waals surface area (Å²) in [6.07, 6.45) is 7.86. The molecule has 16 heavy (non-hydrogen) atoms. The van der Waals surface area contributed by atoms with Crippen molar-refractivity contribution in [3.05, 3.63) is 18.2 Å². The van der Waals surface area contributed by atoms with Crippen LogP contribution in [-0.4, -0.2) is 34.1 Å². The van der Waals surface area contributed by atoms with Gasteiger partial charge >= 0.3 is 0 Å². The van der Waals surface area contributed by atoms with Crippen molar-refractivity contribution in [1.82, 2.24) is 14.5 Å². The summed E-state index contributed by atoms with van der Waals surface area (Å²) in [5, 5.41) is 0. The maximum Gasteiger partial charge on any atom is 0.0951 e. The molecule has 2 heterocycles. The van der Waals surface area contributed by atoms with Crippen LogP contribution in [0.2, 0.25) is 0 Å². The third kappa shape index (κ3) is 2.62. The van der Waals surface area contributed by atoms with Crippen molar-refractivity contribution in [2.75, 3.05) is 19.6 Å². The lowest BCUT2D eigenvalue weighted by Crippen LogP contribution is -2.34. The van der Waals surface area contributed by atoms with Crippen LogP contribution in [0.4, 0.5) is 0 Å². The monoisotopic (exact) mass is 222 g/mol.